The van der Waals surface area contributed by atoms with Crippen molar-refractivity contribution in [3.63, 3.8) is 0 Å². The summed E-state index contributed by atoms with van der Waals surface area (Å²) in [7, 11) is 0. The van der Waals surface area contributed by atoms with Gasteiger partial charge in [-0.1, -0.05) is 39.8 Å². The van der Waals surface area contributed by atoms with Crippen LogP contribution < -0.4 is 5.32 Å². The first-order chi connectivity index (χ1) is 10.2. The molecule has 0 heterocycles. The lowest BCUT2D eigenvalue weighted by Crippen LogP contribution is -2.48. The third-order valence-corrected chi connectivity index (χ3v) is 3.65. The molecule has 1 amide bonds. The number of ketones is 1. The van der Waals surface area contributed by atoms with E-state index in [1.165, 1.54) is 0 Å². The SMILES string of the molecule is CCC(=O)C(NC(=O)c1cccc(C(C)C#N)c1)C(C)(C)C. The molecule has 1 aromatic carbocycles. The molecule has 0 spiro atoms. The lowest BCUT2D eigenvalue weighted by atomic mass is 9.83. The van der Waals surface area contributed by atoms with Crippen molar-refractivity contribution in [2.24, 2.45) is 5.41 Å². The number of rotatable bonds is 5. The molecule has 4 heteroatoms. The molecule has 0 aliphatic carbocycles. The van der Waals surface area contributed by atoms with Crippen LogP contribution in [0.3, 0.4) is 0 Å². The molecule has 1 aromatic rings. The molecule has 2 atom stereocenters. The maximum atomic E-state index is 12.4. The molecule has 0 saturated heterocycles. The average Bonchev–Trinajstić information content (AvgIpc) is 2.49. The van der Waals surface area contributed by atoms with Crippen molar-refractivity contribution < 1.29 is 9.59 Å². The van der Waals surface area contributed by atoms with Crippen LogP contribution >= 0.6 is 0 Å². The minimum absolute atomic E-state index is 0.0161. The minimum atomic E-state index is -0.526. The van der Waals surface area contributed by atoms with E-state index < -0.39 is 6.04 Å². The summed E-state index contributed by atoms with van der Waals surface area (Å²) < 4.78 is 0. The van der Waals surface area contributed by atoms with E-state index in [4.69, 9.17) is 5.26 Å². The van der Waals surface area contributed by atoms with Crippen LogP contribution in [-0.2, 0) is 4.79 Å². The van der Waals surface area contributed by atoms with Crippen molar-refractivity contribution in [3.05, 3.63) is 35.4 Å². The van der Waals surface area contributed by atoms with Gasteiger partial charge < -0.3 is 5.32 Å². The molecule has 4 nitrogen and oxygen atoms in total. The van der Waals surface area contributed by atoms with Gasteiger partial charge in [0.1, 0.15) is 0 Å². The molecule has 1 rings (SSSR count). The van der Waals surface area contributed by atoms with Crippen molar-refractivity contribution in [3.8, 4) is 6.07 Å². The van der Waals surface area contributed by atoms with Crippen LogP contribution in [-0.4, -0.2) is 17.7 Å². The second kappa shape index (κ2) is 7.22. The largest absolute Gasteiger partial charge is 0.342 e. The summed E-state index contributed by atoms with van der Waals surface area (Å²) in [6.45, 7) is 9.37. The predicted octanol–water partition coefficient (Wildman–Crippen LogP) is 3.44. The third kappa shape index (κ3) is 4.42. The first-order valence-corrected chi connectivity index (χ1v) is 7.53. The number of hydrogen-bond donors (Lipinski definition) is 1. The number of nitrogens with one attached hydrogen (secondary N) is 1. The number of nitriles is 1. The Balaban J connectivity index is 3.01. The minimum Gasteiger partial charge on any atom is -0.342 e. The maximum absolute atomic E-state index is 12.4. The number of carbonyl (C=O) groups is 2. The number of carbonyl (C=O) groups excluding carboxylic acids is 2. The summed E-state index contributed by atoms with van der Waals surface area (Å²) in [6, 6.07) is 8.61. The van der Waals surface area contributed by atoms with E-state index in [1.54, 1.807) is 32.0 Å². The van der Waals surface area contributed by atoms with Gasteiger partial charge in [0.15, 0.2) is 5.78 Å². The van der Waals surface area contributed by atoms with Gasteiger partial charge >= 0.3 is 0 Å². The smallest absolute Gasteiger partial charge is 0.251 e. The molecule has 2 unspecified atom stereocenters. The Morgan fingerprint density at radius 3 is 2.45 bits per heavy atom. The summed E-state index contributed by atoms with van der Waals surface area (Å²) in [5.41, 5.74) is 0.919. The van der Waals surface area contributed by atoms with Crippen molar-refractivity contribution in [1.82, 2.24) is 5.32 Å². The molecule has 22 heavy (non-hydrogen) atoms. The highest BCUT2D eigenvalue weighted by Gasteiger charge is 2.31. The fraction of sp³-hybridized carbons (Fsp3) is 0.500. The third-order valence-electron chi connectivity index (χ3n) is 3.65. The van der Waals surface area contributed by atoms with Gasteiger partial charge in [0, 0.05) is 12.0 Å². The summed E-state index contributed by atoms with van der Waals surface area (Å²) in [5, 5.41) is 11.8. The first kappa shape index (κ1) is 17.9. The highest BCUT2D eigenvalue weighted by molar-refractivity contribution is 5.98. The van der Waals surface area contributed by atoms with E-state index in [-0.39, 0.29) is 23.0 Å². The molecule has 0 bridgehead atoms. The molecule has 0 aliphatic rings. The quantitative estimate of drug-likeness (QED) is 0.905. The summed E-state index contributed by atoms with van der Waals surface area (Å²) in [4.78, 5) is 24.5. The van der Waals surface area contributed by atoms with E-state index in [0.717, 1.165) is 5.56 Å². The van der Waals surface area contributed by atoms with Crippen LogP contribution in [0.1, 0.15) is 62.9 Å². The highest BCUT2D eigenvalue weighted by Crippen LogP contribution is 2.22. The normalized spacial score (nSPS) is 13.8. The van der Waals surface area contributed by atoms with Crippen LogP contribution in [0, 0.1) is 16.7 Å². The van der Waals surface area contributed by atoms with E-state index in [0.29, 0.717) is 12.0 Å². The molecule has 1 N–H and O–H groups in total. The Morgan fingerprint density at radius 2 is 1.95 bits per heavy atom. The lowest BCUT2D eigenvalue weighted by molar-refractivity contribution is -0.122. The van der Waals surface area contributed by atoms with Crippen LogP contribution in [0.2, 0.25) is 0 Å². The second-order valence-corrected chi connectivity index (χ2v) is 6.57. The van der Waals surface area contributed by atoms with E-state index in [2.05, 4.69) is 11.4 Å². The van der Waals surface area contributed by atoms with Gasteiger partial charge in [-0.2, -0.15) is 5.26 Å². The Kier molecular flexibility index (Phi) is 5.87. The van der Waals surface area contributed by atoms with Gasteiger partial charge in [0.05, 0.1) is 18.0 Å². The topological polar surface area (TPSA) is 70.0 Å². The fourth-order valence-corrected chi connectivity index (χ4v) is 2.22. The number of amides is 1. The zero-order valence-electron chi connectivity index (χ0n) is 13.9. The molecular formula is C18H24N2O2. The maximum Gasteiger partial charge on any atom is 0.251 e. The van der Waals surface area contributed by atoms with E-state index >= 15 is 0 Å². The zero-order chi connectivity index (χ0) is 16.9. The van der Waals surface area contributed by atoms with E-state index in [1.807, 2.05) is 26.8 Å². The van der Waals surface area contributed by atoms with E-state index in [9.17, 15) is 9.59 Å². The molecule has 0 radical (unpaired) electrons. The van der Waals surface area contributed by atoms with Gasteiger partial charge in [-0.15, -0.1) is 0 Å². The van der Waals surface area contributed by atoms with Crippen LogP contribution in [0.15, 0.2) is 24.3 Å². The number of Topliss-reactive ketones (excluding diaryl/α,β-unsaturated/α-hetero) is 1. The van der Waals surface area contributed by atoms with Gasteiger partial charge in [-0.05, 0) is 30.0 Å². The molecule has 0 saturated carbocycles. The van der Waals surface area contributed by atoms with Crippen molar-refractivity contribution in [1.29, 1.82) is 5.26 Å². The van der Waals surface area contributed by atoms with Gasteiger partial charge in [-0.25, -0.2) is 0 Å². The Morgan fingerprint density at radius 1 is 1.32 bits per heavy atom. The molecular weight excluding hydrogens is 276 g/mol. The highest BCUT2D eigenvalue weighted by atomic mass is 16.2. The molecule has 118 valence electrons. The fourth-order valence-electron chi connectivity index (χ4n) is 2.22. The first-order valence-electron chi connectivity index (χ1n) is 7.53. The van der Waals surface area contributed by atoms with Gasteiger partial charge in [-0.3, -0.25) is 9.59 Å². The van der Waals surface area contributed by atoms with Gasteiger partial charge in [0.25, 0.3) is 5.91 Å². The summed E-state index contributed by atoms with van der Waals surface area (Å²) in [6.07, 6.45) is 0.383. The summed E-state index contributed by atoms with van der Waals surface area (Å²) >= 11 is 0. The van der Waals surface area contributed by atoms with Crippen LogP contribution in [0.5, 0.6) is 0 Å². The molecule has 0 fully saturated rings. The zero-order valence-corrected chi connectivity index (χ0v) is 13.9. The number of hydrogen-bond acceptors (Lipinski definition) is 3. The predicted molar refractivity (Wildman–Crippen MR) is 86.5 cm³/mol. The van der Waals surface area contributed by atoms with Gasteiger partial charge in [0.2, 0.25) is 0 Å². The van der Waals surface area contributed by atoms with Crippen molar-refractivity contribution >= 4 is 11.7 Å². The Hall–Kier alpha value is -2.15. The average molecular weight is 300 g/mol. The summed E-state index contributed by atoms with van der Waals surface area (Å²) in [5.74, 6) is -0.542. The van der Waals surface area contributed by atoms with Crippen LogP contribution in [0.4, 0.5) is 0 Å². The lowest BCUT2D eigenvalue weighted by Gasteiger charge is -2.30. The Labute approximate surface area is 132 Å². The Bertz CT molecular complexity index is 594. The number of benzene rings is 1. The van der Waals surface area contributed by atoms with Crippen LogP contribution in [0.25, 0.3) is 0 Å². The standard InChI is InChI=1S/C18H24N2O2/c1-6-15(21)16(18(3,4)5)20-17(22)14-9-7-8-13(10-14)12(2)11-19/h7-10,12,16H,6H2,1-5H3,(H,20,22). The monoisotopic (exact) mass is 300 g/mol. The number of nitrogens with zero attached hydrogens (tertiary/aromatic N) is 1. The van der Waals surface area contributed by atoms with Crippen molar-refractivity contribution in [2.75, 3.05) is 0 Å². The van der Waals surface area contributed by atoms with Crippen molar-refractivity contribution in [2.45, 2.75) is 53.0 Å². The molecule has 0 aromatic heterocycles. The molecule has 0 aliphatic heterocycles. The second-order valence-electron chi connectivity index (χ2n) is 6.57.